The van der Waals surface area contributed by atoms with Crippen molar-refractivity contribution in [3.63, 3.8) is 0 Å². The summed E-state index contributed by atoms with van der Waals surface area (Å²) in [5, 5.41) is 0. The summed E-state index contributed by atoms with van der Waals surface area (Å²) >= 11 is 0. The van der Waals surface area contributed by atoms with E-state index < -0.39 is 17.9 Å². The third kappa shape index (κ3) is 13.5. The molecule has 9 heteroatoms. The second kappa shape index (κ2) is 19.8. The van der Waals surface area contributed by atoms with Gasteiger partial charge in [-0.25, -0.2) is 14.4 Å². The van der Waals surface area contributed by atoms with Gasteiger partial charge in [0.1, 0.15) is 17.2 Å². The number of carbonyl (C=O) groups excluding carboxylic acids is 3. The van der Waals surface area contributed by atoms with E-state index in [9.17, 15) is 14.4 Å². The minimum absolute atomic E-state index is 0.334. The molecule has 0 atom stereocenters. The van der Waals surface area contributed by atoms with Crippen molar-refractivity contribution in [2.24, 2.45) is 4.99 Å². The van der Waals surface area contributed by atoms with Crippen LogP contribution in [0.25, 0.3) is 6.08 Å². The van der Waals surface area contributed by atoms with Crippen LogP contribution >= 0.6 is 0 Å². The zero-order valence-corrected chi connectivity index (χ0v) is 26.0. The van der Waals surface area contributed by atoms with Crippen LogP contribution in [0.1, 0.15) is 42.4 Å². The highest BCUT2D eigenvalue weighted by molar-refractivity contribution is 5.89. The first kappa shape index (κ1) is 35.0. The van der Waals surface area contributed by atoms with Crippen molar-refractivity contribution >= 4 is 35.9 Å². The molecule has 0 fully saturated rings. The maximum absolute atomic E-state index is 12.4. The smallest absolute Gasteiger partial charge is 0.336 e. The van der Waals surface area contributed by atoms with E-state index in [2.05, 4.69) is 18.2 Å². The molecule has 240 valence electrons. The quantitative estimate of drug-likeness (QED) is 0.0455. The number of ether oxygens (including phenoxy) is 5. The Kier molecular flexibility index (Phi) is 15.1. The minimum atomic E-state index is -0.494. The molecule has 3 rings (SSSR count). The second-order valence-electron chi connectivity index (χ2n) is 9.95. The summed E-state index contributed by atoms with van der Waals surface area (Å²) in [6, 6.07) is 20.2. The molecule has 3 aromatic rings. The van der Waals surface area contributed by atoms with Gasteiger partial charge in [0.05, 0.1) is 32.1 Å². The third-order valence-corrected chi connectivity index (χ3v) is 6.35. The molecule has 9 nitrogen and oxygen atoms in total. The Labute approximate surface area is 269 Å². The summed E-state index contributed by atoms with van der Waals surface area (Å²) in [6.45, 7) is 10.3. The van der Waals surface area contributed by atoms with Gasteiger partial charge >= 0.3 is 17.9 Å². The lowest BCUT2D eigenvalue weighted by Gasteiger charge is -2.07. The number of benzene rings is 3. The van der Waals surface area contributed by atoms with Crippen molar-refractivity contribution < 1.29 is 38.1 Å². The molecule has 46 heavy (non-hydrogen) atoms. The lowest BCUT2D eigenvalue weighted by atomic mass is 10.2. The maximum atomic E-state index is 12.4. The van der Waals surface area contributed by atoms with Crippen LogP contribution < -0.4 is 14.2 Å². The fourth-order valence-electron chi connectivity index (χ4n) is 3.87. The van der Waals surface area contributed by atoms with Gasteiger partial charge < -0.3 is 23.7 Å². The van der Waals surface area contributed by atoms with Gasteiger partial charge in [-0.2, -0.15) is 0 Å². The zero-order chi connectivity index (χ0) is 33.0. The lowest BCUT2D eigenvalue weighted by molar-refractivity contribution is -0.138. The van der Waals surface area contributed by atoms with E-state index in [0.29, 0.717) is 50.8 Å². The minimum Gasteiger partial charge on any atom is -0.494 e. The maximum Gasteiger partial charge on any atom is 0.336 e. The Morgan fingerprint density at radius 3 is 1.67 bits per heavy atom. The monoisotopic (exact) mass is 625 g/mol. The van der Waals surface area contributed by atoms with Crippen LogP contribution in [-0.4, -0.2) is 50.6 Å². The van der Waals surface area contributed by atoms with Gasteiger partial charge in [-0.05, 0) is 110 Å². The van der Waals surface area contributed by atoms with E-state index in [1.54, 1.807) is 30.5 Å². The van der Waals surface area contributed by atoms with Crippen molar-refractivity contribution in [2.75, 3.05) is 26.4 Å². The van der Waals surface area contributed by atoms with Crippen molar-refractivity contribution in [2.45, 2.75) is 32.6 Å². The van der Waals surface area contributed by atoms with Crippen LogP contribution in [0.5, 0.6) is 17.2 Å². The third-order valence-electron chi connectivity index (χ3n) is 6.35. The van der Waals surface area contributed by atoms with E-state index in [1.165, 1.54) is 6.08 Å². The highest BCUT2D eigenvalue weighted by Crippen LogP contribution is 2.24. The number of rotatable bonds is 19. The van der Waals surface area contributed by atoms with Crippen molar-refractivity contribution in [1.82, 2.24) is 0 Å². The molecule has 0 aliphatic rings. The van der Waals surface area contributed by atoms with E-state index >= 15 is 0 Å². The topological polar surface area (TPSA) is 110 Å². The summed E-state index contributed by atoms with van der Waals surface area (Å²) in [7, 11) is 0. The van der Waals surface area contributed by atoms with Crippen LogP contribution in [0, 0.1) is 6.92 Å². The number of carbonyl (C=O) groups is 3. The van der Waals surface area contributed by atoms with Gasteiger partial charge in [0.15, 0.2) is 0 Å². The fraction of sp³-hybridized carbons (Fsp3) is 0.243. The molecular weight excluding hydrogens is 586 g/mol. The molecule has 3 aromatic carbocycles. The van der Waals surface area contributed by atoms with Crippen molar-refractivity contribution in [1.29, 1.82) is 0 Å². The highest BCUT2D eigenvalue weighted by Gasteiger charge is 2.05. The number of esters is 3. The van der Waals surface area contributed by atoms with Crippen LogP contribution in [0.4, 0.5) is 5.69 Å². The summed E-state index contributed by atoms with van der Waals surface area (Å²) in [4.78, 5) is 39.0. The van der Waals surface area contributed by atoms with E-state index in [-0.39, 0.29) is 0 Å². The molecule has 0 heterocycles. The summed E-state index contributed by atoms with van der Waals surface area (Å²) in [5.41, 5.74) is 3.35. The molecule has 0 unspecified atom stereocenters. The van der Waals surface area contributed by atoms with Gasteiger partial charge in [-0.1, -0.05) is 25.3 Å². The predicted octanol–water partition coefficient (Wildman–Crippen LogP) is 7.14. The molecule has 0 saturated heterocycles. The molecule has 0 bridgehead atoms. The summed E-state index contributed by atoms with van der Waals surface area (Å²) in [5.74, 6) is 0.545. The fourth-order valence-corrected chi connectivity index (χ4v) is 3.87. The van der Waals surface area contributed by atoms with Crippen molar-refractivity contribution in [3.05, 3.63) is 115 Å². The number of aryl methyl sites for hydroxylation is 1. The van der Waals surface area contributed by atoms with E-state index in [4.69, 9.17) is 23.7 Å². The van der Waals surface area contributed by atoms with Crippen LogP contribution in [-0.2, 0) is 23.9 Å². The Morgan fingerprint density at radius 1 is 0.652 bits per heavy atom. The molecule has 0 N–H and O–H groups in total. The molecule has 0 aliphatic heterocycles. The van der Waals surface area contributed by atoms with Crippen LogP contribution in [0.2, 0.25) is 0 Å². The van der Waals surface area contributed by atoms with Crippen molar-refractivity contribution in [3.8, 4) is 17.2 Å². The number of hydrogen-bond acceptors (Lipinski definition) is 9. The molecule has 0 aliphatic carbocycles. The average Bonchev–Trinajstić information content (AvgIpc) is 3.07. The molecule has 0 radical (unpaired) electrons. The first-order valence-corrected chi connectivity index (χ1v) is 14.9. The summed E-state index contributed by atoms with van der Waals surface area (Å²) in [6.07, 6.45) is 10.0. The standard InChI is InChI=1S/C37H39NO8/c1-4-35(39)44-24-8-6-22-42-31-15-10-29(11-16-31)14-21-37(41)46-33-19-20-34(28(3)26-33)38-27-30-12-17-32(18-13-30)43-23-7-9-25-45-36(40)5-2/h4-5,10-21,26-27H,1-2,6-9,22-25H2,3H3. The normalized spacial score (nSPS) is 10.8. The average molecular weight is 626 g/mol. The van der Waals surface area contributed by atoms with Crippen LogP contribution in [0.3, 0.4) is 0 Å². The number of nitrogens with zero attached hydrogens (tertiary/aromatic N) is 1. The Balaban J connectivity index is 1.39. The largest absolute Gasteiger partial charge is 0.494 e. The van der Waals surface area contributed by atoms with Gasteiger partial charge in [0.25, 0.3) is 0 Å². The number of hydrogen-bond donors (Lipinski definition) is 0. The number of aliphatic imine (C=N–C) groups is 1. The number of unbranched alkanes of at least 4 members (excludes halogenated alkanes) is 2. The molecule has 0 spiro atoms. The highest BCUT2D eigenvalue weighted by atomic mass is 16.5. The predicted molar refractivity (Wildman–Crippen MR) is 178 cm³/mol. The van der Waals surface area contributed by atoms with E-state index in [1.807, 2.05) is 55.5 Å². The Hall–Kier alpha value is -5.44. The molecular formula is C37H39NO8. The first-order chi connectivity index (χ1) is 22.4. The molecule has 0 aromatic heterocycles. The van der Waals surface area contributed by atoms with E-state index in [0.717, 1.165) is 53.1 Å². The molecule has 0 saturated carbocycles. The SMILES string of the molecule is C=CC(=O)OCCCCOc1ccc(C=CC(=O)Oc2ccc(N=Cc3ccc(OCCCCOC(=O)C=C)cc3)c(C)c2)cc1. The zero-order valence-electron chi connectivity index (χ0n) is 26.0. The van der Waals surface area contributed by atoms with Gasteiger partial charge in [-0.3, -0.25) is 4.99 Å². The molecule has 0 amide bonds. The first-order valence-electron chi connectivity index (χ1n) is 14.9. The van der Waals surface area contributed by atoms with Gasteiger partial charge in [0, 0.05) is 24.4 Å². The Bertz CT molecular complexity index is 1510. The van der Waals surface area contributed by atoms with Gasteiger partial charge in [0.2, 0.25) is 0 Å². The Morgan fingerprint density at radius 2 is 1.15 bits per heavy atom. The van der Waals surface area contributed by atoms with Crippen LogP contribution in [0.15, 0.2) is 103 Å². The lowest BCUT2D eigenvalue weighted by Crippen LogP contribution is -2.04. The van der Waals surface area contributed by atoms with Gasteiger partial charge in [-0.15, -0.1) is 0 Å². The summed E-state index contributed by atoms with van der Waals surface area (Å²) < 4.78 is 26.8. The second-order valence-corrected chi connectivity index (χ2v) is 9.95.